The molecule has 5 aromatic carbocycles. The van der Waals surface area contributed by atoms with Crippen molar-refractivity contribution in [3.05, 3.63) is 157 Å². The lowest BCUT2D eigenvalue weighted by Crippen LogP contribution is -2.08. The summed E-state index contributed by atoms with van der Waals surface area (Å²) in [5.41, 5.74) is 2.65. The molecule has 0 radical (unpaired) electrons. The maximum atomic E-state index is 2.42. The molecule has 0 nitrogen and oxygen atoms in total. The quantitative estimate of drug-likeness (QED) is 0.180. The van der Waals surface area contributed by atoms with Gasteiger partial charge >= 0.3 is 0 Å². The maximum absolute atomic E-state index is 2.42. The van der Waals surface area contributed by atoms with E-state index in [-0.39, 0.29) is 21.8 Å². The van der Waals surface area contributed by atoms with Crippen molar-refractivity contribution < 1.29 is 0 Å². The minimum Gasteiger partial charge on any atom is -0.0874 e. The third-order valence-corrected chi connectivity index (χ3v) is 12.1. The van der Waals surface area contributed by atoms with Gasteiger partial charge in [-0.15, -0.1) is 0 Å². The molecule has 178 valence electrons. The summed E-state index contributed by atoms with van der Waals surface area (Å²) in [4.78, 5) is 6.77. The first-order chi connectivity index (χ1) is 18.4. The summed E-state index contributed by atoms with van der Waals surface area (Å²) >= 11 is 1.91. The Kier molecular flexibility index (Phi) is 7.27. The second-order valence-electron chi connectivity index (χ2n) is 8.49. The minimum atomic E-state index is -0.220. The zero-order chi connectivity index (χ0) is 24.9. The largest absolute Gasteiger partial charge is 0.233 e. The van der Waals surface area contributed by atoms with Crippen molar-refractivity contribution in [1.82, 2.24) is 0 Å². The Morgan fingerprint density at radius 1 is 0.378 bits per heavy atom. The van der Waals surface area contributed by atoms with Gasteiger partial charge in [0, 0.05) is 0 Å². The van der Waals surface area contributed by atoms with Crippen LogP contribution in [-0.4, -0.2) is 0 Å². The number of hydrogen-bond donors (Lipinski definition) is 0. The Morgan fingerprint density at radius 2 is 0.730 bits per heavy atom. The molecule has 0 aliphatic rings. The molecule has 0 saturated carbocycles. The van der Waals surface area contributed by atoms with Gasteiger partial charge in [-0.2, -0.15) is 0 Å². The molecule has 0 unspecified atom stereocenters. The van der Waals surface area contributed by atoms with Crippen molar-refractivity contribution in [2.75, 3.05) is 0 Å². The van der Waals surface area contributed by atoms with Crippen molar-refractivity contribution >= 4 is 33.1 Å². The molecule has 0 fully saturated rings. The van der Waals surface area contributed by atoms with Gasteiger partial charge < -0.3 is 0 Å². The number of benzene rings is 5. The molecule has 6 rings (SSSR count). The van der Waals surface area contributed by atoms with Crippen LogP contribution in [0.4, 0.5) is 0 Å². The number of rotatable bonds is 7. The van der Waals surface area contributed by atoms with Crippen LogP contribution in [0.1, 0.15) is 0 Å². The molecule has 6 aromatic rings. The second-order valence-corrected chi connectivity index (χ2v) is 13.6. The first-order valence-corrected chi connectivity index (χ1v) is 15.6. The van der Waals surface area contributed by atoms with Gasteiger partial charge in [0.2, 0.25) is 4.21 Å². The van der Waals surface area contributed by atoms with E-state index in [1.165, 1.54) is 39.8 Å². The van der Waals surface area contributed by atoms with E-state index in [4.69, 9.17) is 0 Å². The van der Waals surface area contributed by atoms with E-state index in [9.17, 15) is 0 Å². The van der Waals surface area contributed by atoms with E-state index >= 15 is 0 Å². The molecule has 0 aliphatic carbocycles. The molecular weight excluding hydrogens is 505 g/mol. The Labute approximate surface area is 229 Å². The Balaban J connectivity index is 1.63. The lowest BCUT2D eigenvalue weighted by molar-refractivity contribution is 1.32. The van der Waals surface area contributed by atoms with Gasteiger partial charge in [0.25, 0.3) is 0 Å². The maximum Gasteiger partial charge on any atom is 0.233 e. The van der Waals surface area contributed by atoms with Gasteiger partial charge in [-0.1, -0.05) is 114 Å². The standard InChI is InChI=1S/C34H26S3/c1-6-16-27(17-7-1)33-32(36(28-18-8-2-9-19-28)29-20-10-3-11-21-29)26-35-34(33)37(30-22-12-4-13-23-30)31-24-14-5-15-25-31/h1-26H/q+2. The van der Waals surface area contributed by atoms with Crippen LogP contribution in [0.2, 0.25) is 0 Å². The summed E-state index contributed by atoms with van der Waals surface area (Å²) in [6.07, 6.45) is 0. The minimum absolute atomic E-state index is 0.212. The zero-order valence-corrected chi connectivity index (χ0v) is 22.7. The summed E-state index contributed by atoms with van der Waals surface area (Å²) in [7, 11) is -0.433. The molecule has 0 amide bonds. The number of thiophene rings is 1. The second kappa shape index (κ2) is 11.3. The highest BCUT2D eigenvalue weighted by molar-refractivity contribution is 7.99. The molecular formula is C34H26S3+2. The van der Waals surface area contributed by atoms with Crippen LogP contribution >= 0.6 is 11.3 Å². The predicted octanol–water partition coefficient (Wildman–Crippen LogP) is 9.61. The Hall–Kier alpha value is -3.50. The van der Waals surface area contributed by atoms with Gasteiger partial charge in [0.1, 0.15) is 27.4 Å². The molecule has 37 heavy (non-hydrogen) atoms. The van der Waals surface area contributed by atoms with Crippen molar-refractivity contribution in [3.8, 4) is 11.1 Å². The van der Waals surface area contributed by atoms with E-state index in [0.717, 1.165) is 0 Å². The van der Waals surface area contributed by atoms with Crippen molar-refractivity contribution in [1.29, 1.82) is 0 Å². The van der Waals surface area contributed by atoms with E-state index < -0.39 is 0 Å². The van der Waals surface area contributed by atoms with Crippen LogP contribution in [0, 0.1) is 0 Å². The summed E-state index contributed by atoms with van der Waals surface area (Å²) in [6, 6.07) is 54.9. The molecule has 1 aromatic heterocycles. The van der Waals surface area contributed by atoms with Crippen LogP contribution < -0.4 is 0 Å². The summed E-state index contributed by atoms with van der Waals surface area (Å²) in [5, 5.41) is 2.42. The third-order valence-electron chi connectivity index (χ3n) is 6.11. The SMILES string of the molecule is c1ccc(-c2c([S+](c3ccccc3)c3ccccc3)csc2[S+](c2ccccc2)c2ccccc2)cc1. The van der Waals surface area contributed by atoms with E-state index in [2.05, 4.69) is 157 Å². The number of hydrogen-bond acceptors (Lipinski definition) is 1. The molecule has 0 saturated heterocycles. The van der Waals surface area contributed by atoms with Crippen molar-refractivity contribution in [2.24, 2.45) is 0 Å². The average Bonchev–Trinajstić information content (AvgIpc) is 3.40. The Morgan fingerprint density at radius 3 is 1.14 bits per heavy atom. The Bertz CT molecular complexity index is 1370. The fourth-order valence-electron chi connectivity index (χ4n) is 4.46. The molecule has 0 aliphatic heterocycles. The fourth-order valence-corrected chi connectivity index (χ4v) is 11.0. The summed E-state index contributed by atoms with van der Waals surface area (Å²) in [5.74, 6) is 0. The third kappa shape index (κ3) is 5.03. The van der Waals surface area contributed by atoms with Crippen molar-refractivity contribution in [3.63, 3.8) is 0 Å². The lowest BCUT2D eigenvalue weighted by Gasteiger charge is -2.11. The van der Waals surface area contributed by atoms with E-state index in [1.807, 2.05) is 11.3 Å². The molecule has 0 atom stereocenters. The van der Waals surface area contributed by atoms with Gasteiger partial charge in [-0.3, -0.25) is 0 Å². The van der Waals surface area contributed by atoms with Gasteiger partial charge in [-0.05, 0) is 54.1 Å². The average molecular weight is 531 g/mol. The highest BCUT2D eigenvalue weighted by Gasteiger charge is 2.41. The van der Waals surface area contributed by atoms with E-state index in [1.54, 1.807) is 0 Å². The molecule has 0 spiro atoms. The monoisotopic (exact) mass is 530 g/mol. The zero-order valence-electron chi connectivity index (χ0n) is 20.2. The predicted molar refractivity (Wildman–Crippen MR) is 160 cm³/mol. The summed E-state index contributed by atoms with van der Waals surface area (Å²) in [6.45, 7) is 0. The summed E-state index contributed by atoms with van der Waals surface area (Å²) < 4.78 is 1.42. The topological polar surface area (TPSA) is 0 Å². The van der Waals surface area contributed by atoms with Crippen LogP contribution in [0.15, 0.2) is 186 Å². The smallest absolute Gasteiger partial charge is 0.0874 e. The van der Waals surface area contributed by atoms with Gasteiger partial charge in [-0.25, -0.2) is 0 Å². The molecule has 0 bridgehead atoms. The fraction of sp³-hybridized carbons (Fsp3) is 0. The van der Waals surface area contributed by atoms with E-state index in [0.29, 0.717) is 0 Å². The lowest BCUT2D eigenvalue weighted by atomic mass is 10.1. The first kappa shape index (κ1) is 23.9. The highest BCUT2D eigenvalue weighted by atomic mass is 32.2. The van der Waals surface area contributed by atoms with Crippen LogP contribution in [0.3, 0.4) is 0 Å². The van der Waals surface area contributed by atoms with Gasteiger partial charge in [0.15, 0.2) is 24.5 Å². The van der Waals surface area contributed by atoms with Crippen molar-refractivity contribution in [2.45, 2.75) is 28.7 Å². The molecule has 3 heteroatoms. The highest BCUT2D eigenvalue weighted by Crippen LogP contribution is 2.48. The first-order valence-electron chi connectivity index (χ1n) is 12.3. The van der Waals surface area contributed by atoms with Crippen LogP contribution in [0.5, 0.6) is 0 Å². The van der Waals surface area contributed by atoms with Gasteiger partial charge in [0.05, 0.1) is 5.38 Å². The molecule has 0 N–H and O–H groups in total. The van der Waals surface area contributed by atoms with Crippen LogP contribution in [-0.2, 0) is 21.8 Å². The normalized spacial score (nSPS) is 11.2. The van der Waals surface area contributed by atoms with Crippen LogP contribution in [0.25, 0.3) is 11.1 Å². The molecule has 1 heterocycles.